The summed E-state index contributed by atoms with van der Waals surface area (Å²) in [5.74, 6) is -0.622. The van der Waals surface area contributed by atoms with E-state index in [1.165, 1.54) is 30.6 Å². The Labute approximate surface area is 177 Å². The van der Waals surface area contributed by atoms with Crippen LogP contribution in [0.4, 0.5) is 23.2 Å². The summed E-state index contributed by atoms with van der Waals surface area (Å²) in [4.78, 5) is 9.59. The number of nitrogens with one attached hydrogen (secondary N) is 2. The number of aliphatic imine (C=N–C) groups is 1. The molecule has 11 heteroatoms. The second-order valence-electron chi connectivity index (χ2n) is 6.10. The van der Waals surface area contributed by atoms with E-state index in [4.69, 9.17) is 0 Å². The molecule has 1 aliphatic heterocycles. The number of guanidine groups is 1. The minimum atomic E-state index is -2.67. The highest BCUT2D eigenvalue weighted by Crippen LogP contribution is 2.26. The van der Waals surface area contributed by atoms with E-state index in [2.05, 4.69) is 20.6 Å². The Kier molecular flexibility index (Phi) is 7.89. The number of alkyl halides is 2. The van der Waals surface area contributed by atoms with Gasteiger partial charge < -0.3 is 15.5 Å². The first-order chi connectivity index (χ1) is 13.0. The molecule has 1 unspecified atom stereocenters. The molecule has 3 rings (SSSR count). The van der Waals surface area contributed by atoms with E-state index in [-0.39, 0.29) is 48.1 Å². The minimum absolute atomic E-state index is 0. The van der Waals surface area contributed by atoms with Crippen LogP contribution in [0.25, 0.3) is 0 Å². The van der Waals surface area contributed by atoms with Crippen LogP contribution < -0.4 is 15.5 Å². The molecule has 1 fully saturated rings. The molecule has 0 bridgehead atoms. The van der Waals surface area contributed by atoms with Gasteiger partial charge in [-0.05, 0) is 18.6 Å². The van der Waals surface area contributed by atoms with Crippen molar-refractivity contribution in [3.63, 3.8) is 0 Å². The van der Waals surface area contributed by atoms with Gasteiger partial charge in [0, 0.05) is 38.6 Å². The Balaban J connectivity index is 0.00000280. The van der Waals surface area contributed by atoms with Crippen LogP contribution in [-0.4, -0.2) is 41.7 Å². The lowest BCUT2D eigenvalue weighted by Gasteiger charge is -2.21. The molecule has 0 saturated carbocycles. The van der Waals surface area contributed by atoms with Crippen LogP contribution in [0, 0.1) is 11.6 Å². The van der Waals surface area contributed by atoms with E-state index in [0.717, 1.165) is 4.57 Å². The van der Waals surface area contributed by atoms with Crippen molar-refractivity contribution < 1.29 is 17.6 Å². The smallest absolute Gasteiger partial charge is 0.319 e. The Hall–Kier alpha value is -2.05. The third-order valence-corrected chi connectivity index (χ3v) is 4.38. The topological polar surface area (TPSA) is 57.5 Å². The molecular weight excluding hydrogens is 491 g/mol. The normalized spacial score (nSPS) is 17.0. The fourth-order valence-corrected chi connectivity index (χ4v) is 3.08. The number of anilines is 1. The zero-order valence-corrected chi connectivity index (χ0v) is 17.4. The molecule has 1 aliphatic rings. The third kappa shape index (κ3) is 5.06. The average Bonchev–Trinajstić information content (AvgIpc) is 3.28. The van der Waals surface area contributed by atoms with Crippen LogP contribution in [0.3, 0.4) is 0 Å². The van der Waals surface area contributed by atoms with Gasteiger partial charge in [-0.15, -0.1) is 24.0 Å². The highest BCUT2D eigenvalue weighted by atomic mass is 127. The maximum Gasteiger partial charge on any atom is 0.319 e. The zero-order valence-electron chi connectivity index (χ0n) is 15.1. The monoisotopic (exact) mass is 512 g/mol. The largest absolute Gasteiger partial charge is 0.365 e. The summed E-state index contributed by atoms with van der Waals surface area (Å²) in [7, 11) is 1.55. The van der Waals surface area contributed by atoms with Gasteiger partial charge in [-0.1, -0.05) is 6.07 Å². The number of hydrogen-bond donors (Lipinski definition) is 2. The molecule has 28 heavy (non-hydrogen) atoms. The summed E-state index contributed by atoms with van der Waals surface area (Å²) in [5, 5.41) is 6.07. The number of rotatable bonds is 5. The van der Waals surface area contributed by atoms with Crippen molar-refractivity contribution in [2.24, 2.45) is 4.99 Å². The fourth-order valence-electron chi connectivity index (χ4n) is 3.08. The van der Waals surface area contributed by atoms with Crippen LogP contribution in [0.2, 0.25) is 0 Å². The second-order valence-corrected chi connectivity index (χ2v) is 6.10. The predicted molar refractivity (Wildman–Crippen MR) is 109 cm³/mol. The predicted octanol–water partition coefficient (Wildman–Crippen LogP) is 3.12. The van der Waals surface area contributed by atoms with Gasteiger partial charge >= 0.3 is 6.55 Å². The van der Waals surface area contributed by atoms with Crippen LogP contribution in [-0.2, 0) is 6.54 Å². The molecule has 0 spiro atoms. The minimum Gasteiger partial charge on any atom is -0.365 e. The van der Waals surface area contributed by atoms with Crippen LogP contribution in [0.15, 0.2) is 35.6 Å². The molecule has 2 N–H and O–H groups in total. The number of halogens is 5. The zero-order chi connectivity index (χ0) is 19.4. The lowest BCUT2D eigenvalue weighted by atomic mass is 10.2. The average molecular weight is 512 g/mol. The second kappa shape index (κ2) is 9.94. The van der Waals surface area contributed by atoms with Gasteiger partial charge in [0.05, 0.1) is 6.54 Å². The standard InChI is InChI=1S/C17H20F4N6.HI/c1-22-17(24-9-14-23-6-8-27(14)16(20)21)25-11-5-7-26(10-11)15-12(18)3-2-4-13(15)19;/h2-4,6,8,11,16H,5,7,9-10H2,1H3,(H2,22,24,25);1H. The molecule has 1 atom stereocenters. The maximum atomic E-state index is 13.9. The molecular formula is C17H21F4IN6. The van der Waals surface area contributed by atoms with Crippen molar-refractivity contribution in [2.75, 3.05) is 25.0 Å². The van der Waals surface area contributed by atoms with Gasteiger partial charge in [-0.2, -0.15) is 8.78 Å². The van der Waals surface area contributed by atoms with Gasteiger partial charge in [0.1, 0.15) is 23.1 Å². The SMILES string of the molecule is CN=C(NCc1nccn1C(F)F)NC1CCN(c2c(F)cccc2F)C1.I. The van der Waals surface area contributed by atoms with Crippen molar-refractivity contribution in [3.05, 3.63) is 48.1 Å². The van der Waals surface area contributed by atoms with Gasteiger partial charge in [0.25, 0.3) is 0 Å². The number of nitrogens with zero attached hydrogens (tertiary/aromatic N) is 4. The van der Waals surface area contributed by atoms with E-state index < -0.39 is 18.2 Å². The summed E-state index contributed by atoms with van der Waals surface area (Å²) in [6, 6.07) is 3.69. The maximum absolute atomic E-state index is 13.9. The van der Waals surface area contributed by atoms with Crippen LogP contribution in [0.1, 0.15) is 18.8 Å². The molecule has 1 aromatic carbocycles. The summed E-state index contributed by atoms with van der Waals surface area (Å²) in [5.41, 5.74) is -0.0382. The molecule has 0 amide bonds. The van der Waals surface area contributed by atoms with E-state index in [1.807, 2.05) is 0 Å². The van der Waals surface area contributed by atoms with Crippen molar-refractivity contribution in [2.45, 2.75) is 25.6 Å². The quantitative estimate of drug-likeness (QED) is 0.280. The lowest BCUT2D eigenvalue weighted by Crippen LogP contribution is -2.44. The lowest BCUT2D eigenvalue weighted by molar-refractivity contribution is 0.0668. The number of hydrogen-bond acceptors (Lipinski definition) is 3. The number of imidazole rings is 1. The van der Waals surface area contributed by atoms with Gasteiger partial charge in [0.2, 0.25) is 0 Å². The van der Waals surface area contributed by atoms with E-state index in [0.29, 0.717) is 25.5 Å². The molecule has 1 aromatic heterocycles. The number of benzene rings is 1. The molecule has 2 heterocycles. The van der Waals surface area contributed by atoms with Crippen LogP contribution in [0.5, 0.6) is 0 Å². The first-order valence-electron chi connectivity index (χ1n) is 8.45. The Morgan fingerprint density at radius 1 is 1.32 bits per heavy atom. The van der Waals surface area contributed by atoms with Crippen molar-refractivity contribution in [3.8, 4) is 0 Å². The Morgan fingerprint density at radius 3 is 2.68 bits per heavy atom. The van der Waals surface area contributed by atoms with Crippen molar-refractivity contribution >= 4 is 35.6 Å². The highest BCUT2D eigenvalue weighted by molar-refractivity contribution is 14.0. The van der Waals surface area contributed by atoms with E-state index in [1.54, 1.807) is 11.9 Å². The molecule has 2 aromatic rings. The molecule has 0 radical (unpaired) electrons. The first kappa shape index (κ1) is 22.2. The van der Waals surface area contributed by atoms with Gasteiger partial charge in [0.15, 0.2) is 5.96 Å². The van der Waals surface area contributed by atoms with Crippen LogP contribution >= 0.6 is 24.0 Å². The summed E-state index contributed by atoms with van der Waals surface area (Å²) >= 11 is 0. The van der Waals surface area contributed by atoms with Crippen molar-refractivity contribution in [1.29, 1.82) is 0 Å². The Bertz CT molecular complexity index is 792. The number of para-hydroxylation sites is 1. The summed E-state index contributed by atoms with van der Waals surface area (Å²) in [6.07, 6.45) is 3.16. The first-order valence-corrected chi connectivity index (χ1v) is 8.45. The molecule has 154 valence electrons. The van der Waals surface area contributed by atoms with Gasteiger partial charge in [-0.3, -0.25) is 9.56 Å². The Morgan fingerprint density at radius 2 is 2.04 bits per heavy atom. The van der Waals surface area contributed by atoms with Crippen molar-refractivity contribution in [1.82, 2.24) is 20.2 Å². The summed E-state index contributed by atoms with van der Waals surface area (Å²) < 4.78 is 54.3. The highest BCUT2D eigenvalue weighted by Gasteiger charge is 2.27. The van der Waals surface area contributed by atoms with E-state index >= 15 is 0 Å². The molecule has 1 saturated heterocycles. The number of aromatic nitrogens is 2. The summed E-state index contributed by atoms with van der Waals surface area (Å²) in [6.45, 7) is -1.72. The molecule has 6 nitrogen and oxygen atoms in total. The fraction of sp³-hybridized carbons (Fsp3) is 0.412. The van der Waals surface area contributed by atoms with E-state index in [9.17, 15) is 17.6 Å². The third-order valence-electron chi connectivity index (χ3n) is 4.38. The van der Waals surface area contributed by atoms with Gasteiger partial charge in [-0.25, -0.2) is 13.8 Å². The molecule has 0 aliphatic carbocycles.